The molecule has 0 N–H and O–H groups in total. The first kappa shape index (κ1) is 25.8. The zero-order valence-corrected chi connectivity index (χ0v) is 21.4. The van der Waals surface area contributed by atoms with E-state index in [9.17, 15) is 13.2 Å². The summed E-state index contributed by atoms with van der Waals surface area (Å²) in [5.41, 5.74) is 6.19. The highest BCUT2D eigenvalue weighted by Gasteiger charge is 2.42. The number of rotatable bonds is 8. The first-order valence-electron chi connectivity index (χ1n) is 11.7. The second-order valence-corrected chi connectivity index (χ2v) is 15.5. The number of ether oxygens (including phenoxy) is 1. The highest BCUT2D eigenvalue weighted by atomic mass is 28.3. The SMILES string of the molecule is CCCC1=C(CCC)c2cc(C(F)(F)F)ccc2O/C1=C\[Si](C(C)C)(C(C)C)C(C)C. The second kappa shape index (κ2) is 9.97. The standard InChI is InChI=1S/C26H39F3OSi/c1-9-11-21-22(12-10-2)25(16-31(17(3)4,18(5)6)19(7)8)30-24-14-13-20(15-23(21)24)26(27,28)29/h13-19H,9-12H2,1-8H3/b25-16-. The monoisotopic (exact) mass is 452 g/mol. The van der Waals surface area contributed by atoms with Crippen LogP contribution >= 0.6 is 0 Å². The summed E-state index contributed by atoms with van der Waals surface area (Å²) in [7, 11) is -1.90. The largest absolute Gasteiger partial charge is 0.457 e. The van der Waals surface area contributed by atoms with Gasteiger partial charge < -0.3 is 4.74 Å². The normalized spacial score (nSPS) is 16.5. The fourth-order valence-corrected chi connectivity index (χ4v) is 11.1. The number of halogens is 3. The molecule has 1 aromatic carbocycles. The van der Waals surface area contributed by atoms with Crippen molar-refractivity contribution in [1.82, 2.24) is 0 Å². The fourth-order valence-electron chi connectivity index (χ4n) is 5.43. The van der Waals surface area contributed by atoms with Crippen LogP contribution in [0.5, 0.6) is 5.75 Å². The molecular formula is C26H39F3OSi. The van der Waals surface area contributed by atoms with Crippen LogP contribution in [0.1, 0.15) is 92.2 Å². The van der Waals surface area contributed by atoms with Crippen LogP contribution in [-0.4, -0.2) is 8.07 Å². The molecule has 1 nitrogen and oxygen atoms in total. The van der Waals surface area contributed by atoms with Gasteiger partial charge in [-0.1, -0.05) is 73.9 Å². The van der Waals surface area contributed by atoms with Crippen molar-refractivity contribution in [2.75, 3.05) is 0 Å². The predicted molar refractivity (Wildman–Crippen MR) is 128 cm³/mol. The summed E-state index contributed by atoms with van der Waals surface area (Å²) in [5, 5.41) is 0. The lowest BCUT2D eigenvalue weighted by molar-refractivity contribution is -0.137. The van der Waals surface area contributed by atoms with E-state index in [2.05, 4.69) is 61.1 Å². The molecule has 0 unspecified atom stereocenters. The summed E-state index contributed by atoms with van der Waals surface area (Å²) in [6.45, 7) is 18.1. The first-order valence-corrected chi connectivity index (χ1v) is 14.1. The maximum atomic E-state index is 13.4. The third-order valence-electron chi connectivity index (χ3n) is 6.89. The molecule has 5 heteroatoms. The van der Waals surface area contributed by atoms with Crippen molar-refractivity contribution in [3.05, 3.63) is 46.4 Å². The highest BCUT2D eigenvalue weighted by molar-refractivity contribution is 6.88. The van der Waals surface area contributed by atoms with Gasteiger partial charge in [-0.15, -0.1) is 0 Å². The average molecular weight is 453 g/mol. The Balaban J connectivity index is 2.81. The number of benzene rings is 1. The Hall–Kier alpha value is -1.49. The third kappa shape index (κ3) is 5.13. The van der Waals surface area contributed by atoms with Gasteiger partial charge >= 0.3 is 6.18 Å². The highest BCUT2D eigenvalue weighted by Crippen LogP contribution is 2.48. The molecule has 174 valence electrons. The fraction of sp³-hybridized carbons (Fsp3) is 0.615. The predicted octanol–water partition coefficient (Wildman–Crippen LogP) is 9.55. The molecule has 0 spiro atoms. The maximum absolute atomic E-state index is 13.4. The van der Waals surface area contributed by atoms with Crippen molar-refractivity contribution in [3.8, 4) is 5.75 Å². The summed E-state index contributed by atoms with van der Waals surface area (Å²) >= 11 is 0. The van der Waals surface area contributed by atoms with E-state index in [4.69, 9.17) is 4.74 Å². The number of fused-ring (bicyclic) bond motifs is 1. The molecule has 2 rings (SSSR count). The molecular weight excluding hydrogens is 413 g/mol. The van der Waals surface area contributed by atoms with Gasteiger partial charge in [-0.05, 0) is 58.8 Å². The number of alkyl halides is 3. The Morgan fingerprint density at radius 1 is 0.871 bits per heavy atom. The van der Waals surface area contributed by atoms with E-state index in [0.717, 1.165) is 48.7 Å². The van der Waals surface area contributed by atoms with Crippen molar-refractivity contribution in [2.45, 2.75) is 104 Å². The van der Waals surface area contributed by atoms with Crippen molar-refractivity contribution in [3.63, 3.8) is 0 Å². The van der Waals surface area contributed by atoms with Crippen LogP contribution in [0.3, 0.4) is 0 Å². The van der Waals surface area contributed by atoms with Gasteiger partial charge in [0, 0.05) is 5.56 Å². The summed E-state index contributed by atoms with van der Waals surface area (Å²) in [6, 6.07) is 3.93. The van der Waals surface area contributed by atoms with E-state index in [1.165, 1.54) is 12.1 Å². The van der Waals surface area contributed by atoms with Crippen LogP contribution in [0.2, 0.25) is 16.6 Å². The number of hydrogen-bond donors (Lipinski definition) is 0. The van der Waals surface area contributed by atoms with Gasteiger partial charge in [0.05, 0.1) is 13.6 Å². The third-order valence-corrected chi connectivity index (χ3v) is 13.7. The quantitative estimate of drug-likeness (QED) is 0.357. The summed E-state index contributed by atoms with van der Waals surface area (Å²) in [5.74, 6) is 1.46. The molecule has 1 aliphatic heterocycles. The molecule has 0 saturated heterocycles. The van der Waals surface area contributed by atoms with Crippen LogP contribution in [-0.2, 0) is 6.18 Å². The Morgan fingerprint density at radius 2 is 1.39 bits per heavy atom. The van der Waals surface area contributed by atoms with Crippen LogP contribution in [0.4, 0.5) is 13.2 Å². The van der Waals surface area contributed by atoms with Gasteiger partial charge in [-0.3, -0.25) is 0 Å². The first-order chi connectivity index (χ1) is 14.4. The van der Waals surface area contributed by atoms with Crippen LogP contribution < -0.4 is 4.74 Å². The minimum atomic E-state index is -4.36. The zero-order chi connectivity index (χ0) is 23.6. The Kier molecular flexibility index (Phi) is 8.29. The maximum Gasteiger partial charge on any atom is 0.416 e. The molecule has 0 fully saturated rings. The number of allylic oxidation sites excluding steroid dienone is 2. The van der Waals surface area contributed by atoms with Crippen LogP contribution in [0.15, 0.2) is 35.2 Å². The lowest BCUT2D eigenvalue weighted by Crippen LogP contribution is -2.43. The average Bonchev–Trinajstić information content (AvgIpc) is 2.66. The van der Waals surface area contributed by atoms with Gasteiger partial charge in [0.2, 0.25) is 0 Å². The minimum Gasteiger partial charge on any atom is -0.457 e. The Morgan fingerprint density at radius 3 is 1.84 bits per heavy atom. The van der Waals surface area contributed by atoms with Gasteiger partial charge in [-0.25, -0.2) is 0 Å². The summed E-state index contributed by atoms with van der Waals surface area (Å²) < 4.78 is 46.7. The van der Waals surface area contributed by atoms with E-state index in [1.54, 1.807) is 0 Å². The van der Waals surface area contributed by atoms with E-state index in [0.29, 0.717) is 27.9 Å². The lowest BCUT2D eigenvalue weighted by Gasteiger charge is -2.42. The molecule has 1 heterocycles. The molecule has 0 amide bonds. The van der Waals surface area contributed by atoms with E-state index < -0.39 is 19.8 Å². The Bertz CT molecular complexity index is 810. The summed E-state index contributed by atoms with van der Waals surface area (Å²) in [6.07, 6.45) is -0.980. The molecule has 31 heavy (non-hydrogen) atoms. The van der Waals surface area contributed by atoms with Crippen molar-refractivity contribution < 1.29 is 17.9 Å². The van der Waals surface area contributed by atoms with E-state index >= 15 is 0 Å². The topological polar surface area (TPSA) is 9.23 Å². The molecule has 1 aliphatic rings. The van der Waals surface area contributed by atoms with Crippen molar-refractivity contribution in [1.29, 1.82) is 0 Å². The molecule has 0 atom stereocenters. The molecule has 0 aliphatic carbocycles. The van der Waals surface area contributed by atoms with Gasteiger partial charge in [-0.2, -0.15) is 13.2 Å². The van der Waals surface area contributed by atoms with Crippen molar-refractivity contribution in [2.24, 2.45) is 0 Å². The van der Waals surface area contributed by atoms with E-state index in [1.807, 2.05) is 0 Å². The van der Waals surface area contributed by atoms with Crippen LogP contribution in [0, 0.1) is 0 Å². The minimum absolute atomic E-state index is 0.537. The molecule has 0 bridgehead atoms. The second-order valence-electron chi connectivity index (χ2n) is 9.74. The van der Waals surface area contributed by atoms with Gasteiger partial charge in [0.25, 0.3) is 0 Å². The smallest absolute Gasteiger partial charge is 0.416 e. The van der Waals surface area contributed by atoms with Crippen molar-refractivity contribution >= 4 is 13.6 Å². The molecule has 0 radical (unpaired) electrons. The zero-order valence-electron chi connectivity index (χ0n) is 20.4. The molecule has 0 aromatic heterocycles. The van der Waals surface area contributed by atoms with Crippen LogP contribution in [0.25, 0.3) is 5.57 Å². The molecule has 1 aromatic rings. The number of hydrogen-bond acceptors (Lipinski definition) is 1. The Labute approximate surface area is 187 Å². The van der Waals surface area contributed by atoms with E-state index in [-0.39, 0.29) is 0 Å². The lowest BCUT2D eigenvalue weighted by atomic mass is 9.89. The summed E-state index contributed by atoms with van der Waals surface area (Å²) in [4.78, 5) is 0. The molecule has 0 saturated carbocycles. The van der Waals surface area contributed by atoms with Gasteiger partial charge in [0.1, 0.15) is 11.5 Å². The van der Waals surface area contributed by atoms with Gasteiger partial charge in [0.15, 0.2) is 0 Å².